The number of aliphatic imine (C=N–C) groups is 1. The number of rotatable bonds is 20. The van der Waals surface area contributed by atoms with Gasteiger partial charge >= 0.3 is 0 Å². The topological polar surface area (TPSA) is 108 Å². The number of aryl methyl sites for hydroxylation is 1. The molecule has 0 aromatic heterocycles. The van der Waals surface area contributed by atoms with Crippen molar-refractivity contribution in [2.75, 3.05) is 33.8 Å². The van der Waals surface area contributed by atoms with Crippen LogP contribution >= 0.6 is 11.6 Å². The first kappa shape index (κ1) is 39.3. The van der Waals surface area contributed by atoms with Crippen molar-refractivity contribution in [2.45, 2.75) is 113 Å². The molecule has 0 saturated heterocycles. The smallest absolute Gasteiger partial charge is 0.278 e. The molecule has 10 heteroatoms. The van der Waals surface area contributed by atoms with Crippen LogP contribution in [0.3, 0.4) is 0 Å². The third-order valence-corrected chi connectivity index (χ3v) is 9.61. The van der Waals surface area contributed by atoms with Gasteiger partial charge in [-0.15, -0.1) is 0 Å². The van der Waals surface area contributed by atoms with E-state index in [-0.39, 0.29) is 27.9 Å². The minimum Gasteiger partial charge on any atom is -0.372 e. The van der Waals surface area contributed by atoms with Gasteiger partial charge in [-0.25, -0.2) is 13.4 Å². The summed E-state index contributed by atoms with van der Waals surface area (Å²) in [5.41, 5.74) is 1.69. The number of carbonyl (C=O) groups excluding carboxylic acids is 2. The second-order valence-electron chi connectivity index (χ2n) is 12.9. The van der Waals surface area contributed by atoms with Gasteiger partial charge in [0.1, 0.15) is 0 Å². The molecule has 1 amide bonds. The van der Waals surface area contributed by atoms with Crippen LogP contribution in [-0.2, 0) is 19.6 Å². The van der Waals surface area contributed by atoms with Gasteiger partial charge < -0.3 is 10.2 Å². The average Bonchev–Trinajstić information content (AvgIpc) is 2.99. The van der Waals surface area contributed by atoms with Crippen molar-refractivity contribution in [2.24, 2.45) is 10.4 Å². The summed E-state index contributed by atoms with van der Waals surface area (Å²) >= 11 is 6.40. The first-order valence-corrected chi connectivity index (χ1v) is 18.9. The third-order valence-electron chi connectivity index (χ3n) is 7.91. The van der Waals surface area contributed by atoms with Crippen molar-refractivity contribution in [1.82, 2.24) is 0 Å². The molecule has 0 atom stereocenters. The van der Waals surface area contributed by atoms with Crippen LogP contribution in [0.5, 0.6) is 0 Å². The van der Waals surface area contributed by atoms with E-state index >= 15 is 0 Å². The fourth-order valence-electron chi connectivity index (χ4n) is 5.11. The van der Waals surface area contributed by atoms with Gasteiger partial charge in [0, 0.05) is 24.2 Å². The summed E-state index contributed by atoms with van der Waals surface area (Å²) in [5, 5.41) is 2.90. The maximum Gasteiger partial charge on any atom is 0.278 e. The summed E-state index contributed by atoms with van der Waals surface area (Å²) in [6.07, 6.45) is 11.2. The lowest BCUT2D eigenvalue weighted by Gasteiger charge is -2.22. The molecule has 8 nitrogen and oxygen atoms in total. The van der Waals surface area contributed by atoms with Gasteiger partial charge in [-0.05, 0) is 69.2 Å². The highest BCUT2D eigenvalue weighted by atomic mass is 35.5. The summed E-state index contributed by atoms with van der Waals surface area (Å²) in [6, 6.07) is 10.2. The zero-order valence-electron chi connectivity index (χ0n) is 29.0. The molecule has 0 unspecified atom stereocenters. The minimum absolute atomic E-state index is 0.0110. The summed E-state index contributed by atoms with van der Waals surface area (Å²) in [6.45, 7) is 15.2. The second-order valence-corrected chi connectivity index (χ2v) is 15.2. The van der Waals surface area contributed by atoms with Gasteiger partial charge in [0.15, 0.2) is 11.5 Å². The number of benzene rings is 2. The molecule has 0 heterocycles. The van der Waals surface area contributed by atoms with Crippen molar-refractivity contribution >= 4 is 61.8 Å². The predicted octanol–water partition coefficient (Wildman–Crippen LogP) is 9.48. The standard InChI is InChI=1S/C36H55ClN4O4S/c1-8-11-12-13-14-15-16-17-18-19-24-46(44,45)40-28-20-22-30(37)32(26-28)39-35(43)33(34(42)36(5,6)7)38-31-23-21-29(25-27(31)4)41(9-2)10-3/h20-23,25-26,40H,8-19,24H2,1-7H3,(H,39,43). The Balaban J connectivity index is 2.14. The highest BCUT2D eigenvalue weighted by Gasteiger charge is 2.31. The van der Waals surface area contributed by atoms with Gasteiger partial charge in [0.25, 0.3) is 5.91 Å². The summed E-state index contributed by atoms with van der Waals surface area (Å²) < 4.78 is 28.2. The van der Waals surface area contributed by atoms with Crippen molar-refractivity contribution in [1.29, 1.82) is 0 Å². The van der Waals surface area contributed by atoms with Crippen LogP contribution in [0.1, 0.15) is 111 Å². The van der Waals surface area contributed by atoms with Gasteiger partial charge in [0.05, 0.1) is 27.8 Å². The maximum absolute atomic E-state index is 13.6. The van der Waals surface area contributed by atoms with Crippen LogP contribution in [-0.4, -0.2) is 44.7 Å². The molecule has 0 bridgehead atoms. The Morgan fingerprint density at radius 3 is 1.98 bits per heavy atom. The van der Waals surface area contributed by atoms with Gasteiger partial charge in [0.2, 0.25) is 10.0 Å². The zero-order chi connectivity index (χ0) is 34.3. The van der Waals surface area contributed by atoms with Gasteiger partial charge in [-0.3, -0.25) is 14.3 Å². The Morgan fingerprint density at radius 1 is 0.848 bits per heavy atom. The first-order chi connectivity index (χ1) is 21.7. The van der Waals surface area contributed by atoms with Crippen LogP contribution in [0.25, 0.3) is 0 Å². The fourth-order valence-corrected chi connectivity index (χ4v) is 6.44. The number of sulfonamides is 1. The molecule has 0 radical (unpaired) electrons. The molecule has 256 valence electrons. The Kier molecular flexibility index (Phi) is 16.3. The Bertz CT molecular complexity index is 1430. The number of carbonyl (C=O) groups is 2. The van der Waals surface area contributed by atoms with Crippen molar-refractivity contribution in [3.8, 4) is 0 Å². The normalized spacial score (nSPS) is 12.2. The number of nitrogens with zero attached hydrogens (tertiary/aromatic N) is 2. The van der Waals surface area contributed by atoms with Crippen molar-refractivity contribution in [3.05, 3.63) is 47.0 Å². The predicted molar refractivity (Wildman–Crippen MR) is 196 cm³/mol. The molecule has 2 N–H and O–H groups in total. The van der Waals surface area contributed by atoms with E-state index < -0.39 is 27.1 Å². The summed E-state index contributed by atoms with van der Waals surface area (Å²) in [7, 11) is -3.60. The summed E-state index contributed by atoms with van der Waals surface area (Å²) in [5.74, 6) is -1.14. The number of hydrogen-bond donors (Lipinski definition) is 2. The van der Waals surface area contributed by atoms with Gasteiger partial charge in [-0.1, -0.05) is 97.1 Å². The second kappa shape index (κ2) is 19.0. The highest BCUT2D eigenvalue weighted by molar-refractivity contribution is 7.92. The lowest BCUT2D eigenvalue weighted by atomic mass is 9.87. The van der Waals surface area contributed by atoms with E-state index in [1.54, 1.807) is 26.8 Å². The molecule has 0 aliphatic rings. The summed E-state index contributed by atoms with van der Waals surface area (Å²) in [4.78, 5) is 33.8. The van der Waals surface area contributed by atoms with Crippen LogP contribution in [0.4, 0.5) is 22.7 Å². The number of unbranched alkanes of at least 4 members (excludes halogenated alkanes) is 9. The van der Waals surface area contributed by atoms with Crippen LogP contribution in [0.15, 0.2) is 41.4 Å². The zero-order valence-corrected chi connectivity index (χ0v) is 30.5. The van der Waals surface area contributed by atoms with E-state index in [4.69, 9.17) is 11.6 Å². The van der Waals surface area contributed by atoms with E-state index in [1.807, 2.05) is 25.1 Å². The molecule has 0 saturated carbocycles. The number of ketones is 1. The van der Waals surface area contributed by atoms with Crippen LogP contribution in [0, 0.1) is 12.3 Å². The number of amides is 1. The van der Waals surface area contributed by atoms with Crippen molar-refractivity contribution < 1.29 is 18.0 Å². The SMILES string of the molecule is CCCCCCCCCCCCS(=O)(=O)Nc1ccc(Cl)c(NC(=O)C(=Nc2ccc(N(CC)CC)cc2C)C(=O)C(C)(C)C)c1. The van der Waals surface area contributed by atoms with E-state index in [1.165, 1.54) is 50.7 Å². The molecular weight excluding hydrogens is 620 g/mol. The number of nitrogens with one attached hydrogen (secondary N) is 2. The molecule has 2 rings (SSSR count). The Morgan fingerprint density at radius 2 is 1.43 bits per heavy atom. The lowest BCUT2D eigenvalue weighted by Crippen LogP contribution is -2.37. The third kappa shape index (κ3) is 13.1. The highest BCUT2D eigenvalue weighted by Crippen LogP contribution is 2.29. The minimum atomic E-state index is -3.60. The van der Waals surface area contributed by atoms with E-state index in [0.717, 1.165) is 43.6 Å². The van der Waals surface area contributed by atoms with E-state index in [0.29, 0.717) is 12.1 Å². The molecule has 0 aliphatic carbocycles. The van der Waals surface area contributed by atoms with Crippen LogP contribution < -0.4 is 14.9 Å². The molecule has 2 aromatic carbocycles. The monoisotopic (exact) mass is 674 g/mol. The number of Topliss-reactive ketones (excluding diaryl/α,β-unsaturated/α-hetero) is 1. The molecule has 0 aliphatic heterocycles. The molecular formula is C36H55ClN4O4S. The molecule has 0 spiro atoms. The fraction of sp³-hybridized carbons (Fsp3) is 0.583. The molecule has 2 aromatic rings. The maximum atomic E-state index is 13.6. The Labute approximate surface area is 282 Å². The molecule has 46 heavy (non-hydrogen) atoms. The Hall–Kier alpha value is -2.91. The number of hydrogen-bond acceptors (Lipinski definition) is 6. The average molecular weight is 675 g/mol. The van der Waals surface area contributed by atoms with E-state index in [2.05, 4.69) is 40.7 Å². The molecule has 0 fully saturated rings. The largest absolute Gasteiger partial charge is 0.372 e. The lowest BCUT2D eigenvalue weighted by molar-refractivity contribution is -0.121. The first-order valence-electron chi connectivity index (χ1n) is 16.8. The van der Waals surface area contributed by atoms with E-state index in [9.17, 15) is 18.0 Å². The quantitative estimate of drug-likeness (QED) is 0.0826. The number of anilines is 3. The number of halogens is 1. The van der Waals surface area contributed by atoms with Gasteiger partial charge in [-0.2, -0.15) is 0 Å². The van der Waals surface area contributed by atoms with Crippen molar-refractivity contribution in [3.63, 3.8) is 0 Å². The van der Waals surface area contributed by atoms with Crippen LogP contribution in [0.2, 0.25) is 5.02 Å².